The number of hydrogen-bond acceptors (Lipinski definition) is 5. The average molecular weight is 505 g/mol. The molecule has 0 saturated heterocycles. The maximum atomic E-state index is 14.5. The van der Waals surface area contributed by atoms with Crippen LogP contribution in [0.1, 0.15) is 62.4 Å². The van der Waals surface area contributed by atoms with Crippen molar-refractivity contribution >= 4 is 12.0 Å². The highest BCUT2D eigenvalue weighted by atomic mass is 19.1. The second-order valence-electron chi connectivity index (χ2n) is 9.98. The van der Waals surface area contributed by atoms with Gasteiger partial charge in [0.15, 0.2) is 17.4 Å². The molecule has 196 valence electrons. The van der Waals surface area contributed by atoms with E-state index < -0.39 is 35.0 Å². The minimum Gasteiger partial charge on any atom is -0.497 e. The molecule has 0 heterocycles. The second-order valence-corrected chi connectivity index (χ2v) is 9.98. The number of rotatable bonds is 8. The third kappa shape index (κ3) is 8.10. The Balaban J connectivity index is 1.46. The molecule has 0 bridgehead atoms. The Kier molecular flexibility index (Phi) is 9.12. The van der Waals surface area contributed by atoms with E-state index in [4.69, 9.17) is 14.2 Å². The lowest BCUT2D eigenvalue weighted by Crippen LogP contribution is -2.42. The maximum absolute atomic E-state index is 14.5. The SMILES string of the molecule is COc1ccc(COc2c(F)cc(C(=O)NCC3CCC(NC(=O)OC(C)(C)C)CC3)cc2F)cc1. The van der Waals surface area contributed by atoms with Crippen LogP contribution in [0.5, 0.6) is 11.5 Å². The van der Waals surface area contributed by atoms with E-state index in [-0.39, 0.29) is 24.1 Å². The predicted octanol–water partition coefficient (Wildman–Crippen LogP) is 5.37. The van der Waals surface area contributed by atoms with E-state index in [1.54, 1.807) is 31.4 Å². The van der Waals surface area contributed by atoms with Crippen LogP contribution >= 0.6 is 0 Å². The van der Waals surface area contributed by atoms with Crippen molar-refractivity contribution in [1.82, 2.24) is 10.6 Å². The molecular formula is C27H34F2N2O5. The fourth-order valence-electron chi connectivity index (χ4n) is 4.03. The Morgan fingerprint density at radius 3 is 2.17 bits per heavy atom. The number of halogens is 2. The molecule has 2 aromatic carbocycles. The van der Waals surface area contributed by atoms with Gasteiger partial charge in [-0.2, -0.15) is 0 Å². The molecule has 2 N–H and O–H groups in total. The number of carbonyl (C=O) groups is 2. The van der Waals surface area contributed by atoms with Crippen molar-refractivity contribution in [3.63, 3.8) is 0 Å². The highest BCUT2D eigenvalue weighted by Gasteiger charge is 2.25. The van der Waals surface area contributed by atoms with Crippen molar-refractivity contribution in [3.8, 4) is 11.5 Å². The van der Waals surface area contributed by atoms with Crippen LogP contribution in [0.3, 0.4) is 0 Å². The van der Waals surface area contributed by atoms with Gasteiger partial charge in [0.05, 0.1) is 7.11 Å². The molecule has 3 rings (SSSR count). The molecule has 2 aromatic rings. The van der Waals surface area contributed by atoms with Gasteiger partial charge in [0.25, 0.3) is 5.91 Å². The van der Waals surface area contributed by atoms with Gasteiger partial charge in [0, 0.05) is 18.2 Å². The average Bonchev–Trinajstić information content (AvgIpc) is 2.82. The minimum absolute atomic E-state index is 0.0282. The van der Waals surface area contributed by atoms with Crippen molar-refractivity contribution < 1.29 is 32.6 Å². The number of amides is 2. The summed E-state index contributed by atoms with van der Waals surface area (Å²) in [6.45, 7) is 5.79. The van der Waals surface area contributed by atoms with Gasteiger partial charge in [-0.25, -0.2) is 13.6 Å². The number of hydrogen-bond donors (Lipinski definition) is 2. The van der Waals surface area contributed by atoms with Crippen LogP contribution < -0.4 is 20.1 Å². The maximum Gasteiger partial charge on any atom is 0.407 e. The molecule has 1 aliphatic carbocycles. The zero-order chi connectivity index (χ0) is 26.3. The standard InChI is InChI=1S/C27H34F2N2O5/c1-27(2,3)36-26(33)31-20-9-5-17(6-10-20)15-30-25(32)19-13-22(28)24(23(29)14-19)35-16-18-7-11-21(34-4)12-8-18/h7-8,11-14,17,20H,5-6,9-10,15-16H2,1-4H3,(H,30,32)(H,31,33). The van der Waals surface area contributed by atoms with Gasteiger partial charge in [-0.1, -0.05) is 12.1 Å². The van der Waals surface area contributed by atoms with Crippen molar-refractivity contribution in [3.05, 3.63) is 59.2 Å². The van der Waals surface area contributed by atoms with Crippen LogP contribution in [-0.2, 0) is 11.3 Å². The molecule has 0 unspecified atom stereocenters. The van der Waals surface area contributed by atoms with Gasteiger partial charge in [-0.05, 0) is 82.2 Å². The second kappa shape index (κ2) is 12.1. The summed E-state index contributed by atoms with van der Waals surface area (Å²) in [4.78, 5) is 24.4. The van der Waals surface area contributed by atoms with Gasteiger partial charge >= 0.3 is 6.09 Å². The molecule has 0 aliphatic heterocycles. The molecule has 0 radical (unpaired) electrons. The molecule has 1 aliphatic rings. The molecule has 1 fully saturated rings. The zero-order valence-electron chi connectivity index (χ0n) is 21.2. The fraction of sp³-hybridized carbons (Fsp3) is 0.481. The molecule has 0 aromatic heterocycles. The summed E-state index contributed by atoms with van der Waals surface area (Å²) >= 11 is 0. The lowest BCUT2D eigenvalue weighted by Gasteiger charge is -2.30. The fourth-order valence-corrected chi connectivity index (χ4v) is 4.03. The summed E-state index contributed by atoms with van der Waals surface area (Å²) in [5.74, 6) is -2.09. The highest BCUT2D eigenvalue weighted by Crippen LogP contribution is 2.26. The molecular weight excluding hydrogens is 470 g/mol. The molecule has 2 amide bonds. The van der Waals surface area contributed by atoms with Crippen LogP contribution in [0, 0.1) is 17.6 Å². The van der Waals surface area contributed by atoms with Crippen molar-refractivity contribution in [2.24, 2.45) is 5.92 Å². The summed E-state index contributed by atoms with van der Waals surface area (Å²) in [6.07, 6.45) is 2.72. The van der Waals surface area contributed by atoms with Crippen LogP contribution in [0.4, 0.5) is 13.6 Å². The van der Waals surface area contributed by atoms with Gasteiger partial charge in [0.2, 0.25) is 0 Å². The molecule has 1 saturated carbocycles. The molecule has 36 heavy (non-hydrogen) atoms. The lowest BCUT2D eigenvalue weighted by atomic mass is 9.86. The monoisotopic (exact) mass is 504 g/mol. The highest BCUT2D eigenvalue weighted by molar-refractivity contribution is 5.94. The smallest absolute Gasteiger partial charge is 0.407 e. The molecule has 0 spiro atoms. The number of nitrogens with one attached hydrogen (secondary N) is 2. The van der Waals surface area contributed by atoms with E-state index in [9.17, 15) is 18.4 Å². The largest absolute Gasteiger partial charge is 0.497 e. The van der Waals surface area contributed by atoms with E-state index >= 15 is 0 Å². The summed E-state index contributed by atoms with van der Waals surface area (Å²) in [5, 5.41) is 5.64. The van der Waals surface area contributed by atoms with E-state index in [1.165, 1.54) is 0 Å². The summed E-state index contributed by atoms with van der Waals surface area (Å²) in [6, 6.07) is 8.90. The number of benzene rings is 2. The van der Waals surface area contributed by atoms with Gasteiger partial charge < -0.3 is 24.8 Å². The van der Waals surface area contributed by atoms with E-state index in [1.807, 2.05) is 20.8 Å². The topological polar surface area (TPSA) is 85.9 Å². The van der Waals surface area contributed by atoms with Crippen LogP contribution in [-0.4, -0.2) is 37.3 Å². The van der Waals surface area contributed by atoms with Gasteiger partial charge in [-0.3, -0.25) is 4.79 Å². The van der Waals surface area contributed by atoms with Crippen LogP contribution in [0.25, 0.3) is 0 Å². The Morgan fingerprint density at radius 2 is 1.61 bits per heavy atom. The summed E-state index contributed by atoms with van der Waals surface area (Å²) < 4.78 is 44.7. The van der Waals surface area contributed by atoms with Crippen molar-refractivity contribution in [2.45, 2.75) is 64.7 Å². The number of methoxy groups -OCH3 is 1. The van der Waals surface area contributed by atoms with Crippen LogP contribution in [0.2, 0.25) is 0 Å². The number of ether oxygens (including phenoxy) is 3. The Bertz CT molecular complexity index is 1020. The van der Waals surface area contributed by atoms with E-state index in [0.29, 0.717) is 17.9 Å². The quantitative estimate of drug-likeness (QED) is 0.505. The van der Waals surface area contributed by atoms with Crippen molar-refractivity contribution in [1.29, 1.82) is 0 Å². The van der Waals surface area contributed by atoms with E-state index in [0.717, 1.165) is 37.8 Å². The first-order valence-electron chi connectivity index (χ1n) is 12.1. The predicted molar refractivity (Wildman–Crippen MR) is 131 cm³/mol. The van der Waals surface area contributed by atoms with Gasteiger partial charge in [-0.15, -0.1) is 0 Å². The third-order valence-corrected chi connectivity index (χ3v) is 5.92. The zero-order valence-corrected chi connectivity index (χ0v) is 21.2. The first-order chi connectivity index (χ1) is 17.0. The van der Waals surface area contributed by atoms with Gasteiger partial charge in [0.1, 0.15) is 18.0 Å². The first kappa shape index (κ1) is 27.2. The van der Waals surface area contributed by atoms with Crippen molar-refractivity contribution in [2.75, 3.05) is 13.7 Å². The van der Waals surface area contributed by atoms with E-state index in [2.05, 4.69) is 10.6 Å². The number of alkyl carbamates (subject to hydrolysis) is 1. The Labute approximate surface area is 210 Å². The Hall–Kier alpha value is -3.36. The first-order valence-corrected chi connectivity index (χ1v) is 12.1. The minimum atomic E-state index is -0.942. The lowest BCUT2D eigenvalue weighted by molar-refractivity contribution is 0.0487. The molecule has 9 heteroatoms. The normalized spacial score (nSPS) is 17.7. The molecule has 0 atom stereocenters. The summed E-state index contributed by atoms with van der Waals surface area (Å²) in [7, 11) is 1.55. The third-order valence-electron chi connectivity index (χ3n) is 5.92. The summed E-state index contributed by atoms with van der Waals surface area (Å²) in [5.41, 5.74) is 0.0558. The molecule has 7 nitrogen and oxygen atoms in total. The Morgan fingerprint density at radius 1 is 1.00 bits per heavy atom. The van der Waals surface area contributed by atoms with Crippen LogP contribution in [0.15, 0.2) is 36.4 Å². The number of carbonyl (C=O) groups excluding carboxylic acids is 2.